The molecule has 3 heterocycles. The topological polar surface area (TPSA) is 41.6 Å². The molecule has 1 amide bonds. The van der Waals surface area contributed by atoms with E-state index in [1.807, 2.05) is 12.1 Å². The fraction of sp³-hybridized carbons (Fsp3) is 0.667. The highest BCUT2D eigenvalue weighted by Gasteiger charge is 2.40. The van der Waals surface area contributed by atoms with Gasteiger partial charge in [-0.05, 0) is 69.7 Å². The van der Waals surface area contributed by atoms with Crippen molar-refractivity contribution in [2.24, 2.45) is 11.8 Å². The molecule has 1 aromatic rings. The average molecular weight is 375 g/mol. The first kappa shape index (κ1) is 16.9. The zero-order valence-electron chi connectivity index (χ0n) is 15.2. The fourth-order valence-electron chi connectivity index (χ4n) is 5.61. The average Bonchev–Trinajstić information content (AvgIpc) is 3.01. The minimum Gasteiger partial charge on any atom is -0.487 e. The van der Waals surface area contributed by atoms with Crippen LogP contribution in [0.3, 0.4) is 0 Å². The molecule has 1 aromatic carbocycles. The molecule has 0 aromatic heterocycles. The third-order valence-corrected chi connectivity index (χ3v) is 7.13. The number of hydrogen-bond acceptors (Lipinski definition) is 3. The summed E-state index contributed by atoms with van der Waals surface area (Å²) in [7, 11) is 0. The third-order valence-electron chi connectivity index (χ3n) is 6.92. The molecule has 5 heteroatoms. The Morgan fingerprint density at radius 2 is 2.00 bits per heavy atom. The molecule has 5 atom stereocenters. The van der Waals surface area contributed by atoms with Gasteiger partial charge in [0.2, 0.25) is 5.91 Å². The smallest absolute Gasteiger partial charge is 0.227 e. The summed E-state index contributed by atoms with van der Waals surface area (Å²) in [6, 6.07) is 3.91. The Labute approximate surface area is 160 Å². The fourth-order valence-corrected chi connectivity index (χ4v) is 5.84. The van der Waals surface area contributed by atoms with Gasteiger partial charge in [-0.1, -0.05) is 18.0 Å². The molecule has 1 saturated carbocycles. The van der Waals surface area contributed by atoms with E-state index in [4.69, 9.17) is 16.3 Å². The standard InChI is InChI=1S/C21H27ClN2O2/c22-14-10-17-16-5-1-2-6-19(16)26-20(17)18(11-14)23-21(25)15-7-9-24-8-3-4-13(15)12-24/h10-11,13,15-16,19H,1-9,12H2,(H,23,25). The van der Waals surface area contributed by atoms with Crippen molar-refractivity contribution in [1.82, 2.24) is 4.90 Å². The Kier molecular flexibility index (Phi) is 4.36. The van der Waals surface area contributed by atoms with Gasteiger partial charge in [0.05, 0.1) is 5.69 Å². The molecule has 2 bridgehead atoms. The van der Waals surface area contributed by atoms with Crippen LogP contribution in [0.2, 0.25) is 5.02 Å². The predicted octanol–water partition coefficient (Wildman–Crippen LogP) is 4.43. The molecule has 3 fully saturated rings. The second kappa shape index (κ2) is 6.72. The number of amides is 1. The molecule has 26 heavy (non-hydrogen) atoms. The van der Waals surface area contributed by atoms with Crippen LogP contribution in [-0.4, -0.2) is 36.5 Å². The van der Waals surface area contributed by atoms with Crippen molar-refractivity contribution in [2.75, 3.05) is 25.0 Å². The number of nitrogens with one attached hydrogen (secondary N) is 1. The predicted molar refractivity (Wildman–Crippen MR) is 103 cm³/mol. The monoisotopic (exact) mass is 374 g/mol. The van der Waals surface area contributed by atoms with Gasteiger partial charge in [-0.25, -0.2) is 0 Å². The molecule has 140 valence electrons. The maximum Gasteiger partial charge on any atom is 0.227 e. The van der Waals surface area contributed by atoms with Crippen LogP contribution in [0.15, 0.2) is 12.1 Å². The number of carbonyl (C=O) groups excluding carboxylic acids is 1. The molecule has 0 radical (unpaired) electrons. The lowest BCUT2D eigenvalue weighted by Gasteiger charge is -2.41. The van der Waals surface area contributed by atoms with Crippen LogP contribution in [0, 0.1) is 11.8 Å². The van der Waals surface area contributed by atoms with E-state index in [1.165, 1.54) is 37.8 Å². The SMILES string of the molecule is O=C(Nc1cc(Cl)cc2c1OC1CCCCC21)C1CCN2CCCC1C2. The lowest BCUT2D eigenvalue weighted by Crippen LogP contribution is -2.48. The molecule has 1 N–H and O–H groups in total. The Morgan fingerprint density at radius 1 is 1.12 bits per heavy atom. The maximum absolute atomic E-state index is 13.1. The van der Waals surface area contributed by atoms with E-state index in [0.29, 0.717) is 16.9 Å². The number of rotatable bonds is 2. The van der Waals surface area contributed by atoms with E-state index in [1.54, 1.807) is 0 Å². The van der Waals surface area contributed by atoms with E-state index in [2.05, 4.69) is 10.2 Å². The van der Waals surface area contributed by atoms with Crippen molar-refractivity contribution in [1.29, 1.82) is 0 Å². The number of benzene rings is 1. The van der Waals surface area contributed by atoms with Gasteiger partial charge in [0.25, 0.3) is 0 Å². The molecule has 0 spiro atoms. The number of fused-ring (bicyclic) bond motifs is 5. The highest BCUT2D eigenvalue weighted by atomic mass is 35.5. The van der Waals surface area contributed by atoms with Gasteiger partial charge in [-0.15, -0.1) is 0 Å². The summed E-state index contributed by atoms with van der Waals surface area (Å²) in [5, 5.41) is 3.89. The van der Waals surface area contributed by atoms with Gasteiger partial charge in [0.15, 0.2) is 0 Å². The number of halogens is 1. The zero-order chi connectivity index (χ0) is 17.7. The summed E-state index contributed by atoms with van der Waals surface area (Å²) in [4.78, 5) is 15.6. The van der Waals surface area contributed by atoms with E-state index < -0.39 is 0 Å². The summed E-state index contributed by atoms with van der Waals surface area (Å²) >= 11 is 6.40. The summed E-state index contributed by atoms with van der Waals surface area (Å²) < 4.78 is 6.29. The highest BCUT2D eigenvalue weighted by Crippen LogP contribution is 2.50. The Bertz CT molecular complexity index is 722. The van der Waals surface area contributed by atoms with E-state index in [9.17, 15) is 4.79 Å². The van der Waals surface area contributed by atoms with Crippen LogP contribution in [0.5, 0.6) is 5.75 Å². The number of carbonyl (C=O) groups is 1. The lowest BCUT2D eigenvalue weighted by atomic mass is 9.79. The van der Waals surface area contributed by atoms with E-state index in [-0.39, 0.29) is 17.9 Å². The third kappa shape index (κ3) is 2.91. The molecule has 1 aliphatic carbocycles. The van der Waals surface area contributed by atoms with E-state index >= 15 is 0 Å². The molecule has 5 rings (SSSR count). The van der Waals surface area contributed by atoms with Gasteiger partial charge >= 0.3 is 0 Å². The van der Waals surface area contributed by atoms with Gasteiger partial charge in [0, 0.05) is 29.0 Å². The minimum atomic E-state index is 0.116. The second-order valence-corrected chi connectivity index (χ2v) is 8.94. The Morgan fingerprint density at radius 3 is 2.92 bits per heavy atom. The van der Waals surface area contributed by atoms with Crippen molar-refractivity contribution in [2.45, 2.75) is 57.0 Å². The van der Waals surface area contributed by atoms with Gasteiger partial charge < -0.3 is 15.0 Å². The Hall–Kier alpha value is -1.26. The zero-order valence-corrected chi connectivity index (χ0v) is 15.9. The summed E-state index contributed by atoms with van der Waals surface area (Å²) in [6.07, 6.45) is 8.34. The van der Waals surface area contributed by atoms with Crippen LogP contribution in [0.1, 0.15) is 56.4 Å². The number of nitrogens with zero attached hydrogens (tertiary/aromatic N) is 1. The minimum absolute atomic E-state index is 0.116. The summed E-state index contributed by atoms with van der Waals surface area (Å²) in [5.41, 5.74) is 1.98. The number of anilines is 1. The van der Waals surface area contributed by atoms with Crippen LogP contribution in [-0.2, 0) is 4.79 Å². The quantitative estimate of drug-likeness (QED) is 0.832. The van der Waals surface area contributed by atoms with Crippen molar-refractivity contribution in [3.63, 3.8) is 0 Å². The lowest BCUT2D eigenvalue weighted by molar-refractivity contribution is -0.124. The largest absolute Gasteiger partial charge is 0.487 e. The van der Waals surface area contributed by atoms with Gasteiger partial charge in [0.1, 0.15) is 11.9 Å². The van der Waals surface area contributed by atoms with Crippen molar-refractivity contribution >= 4 is 23.2 Å². The number of piperidine rings is 2. The van der Waals surface area contributed by atoms with Gasteiger partial charge in [-0.2, -0.15) is 0 Å². The summed E-state index contributed by atoms with van der Waals surface area (Å²) in [5.74, 6) is 2.08. The number of ether oxygens (including phenoxy) is 1. The first-order chi connectivity index (χ1) is 12.7. The molecule has 3 aliphatic heterocycles. The van der Waals surface area contributed by atoms with Crippen LogP contribution < -0.4 is 10.1 Å². The molecule has 2 saturated heterocycles. The Balaban J connectivity index is 1.38. The van der Waals surface area contributed by atoms with Crippen LogP contribution in [0.4, 0.5) is 5.69 Å². The normalized spacial score (nSPS) is 35.2. The summed E-state index contributed by atoms with van der Waals surface area (Å²) in [6.45, 7) is 3.32. The molecule has 5 unspecified atom stereocenters. The maximum atomic E-state index is 13.1. The molecule has 4 nitrogen and oxygen atoms in total. The van der Waals surface area contributed by atoms with Crippen LogP contribution >= 0.6 is 11.6 Å². The molecular formula is C21H27ClN2O2. The molecular weight excluding hydrogens is 348 g/mol. The van der Waals surface area contributed by atoms with Crippen molar-refractivity contribution < 1.29 is 9.53 Å². The van der Waals surface area contributed by atoms with Crippen molar-refractivity contribution in [3.05, 3.63) is 22.7 Å². The number of hydrogen-bond donors (Lipinski definition) is 1. The van der Waals surface area contributed by atoms with E-state index in [0.717, 1.165) is 43.8 Å². The van der Waals surface area contributed by atoms with Crippen molar-refractivity contribution in [3.8, 4) is 5.75 Å². The first-order valence-corrected chi connectivity index (χ1v) is 10.6. The first-order valence-electron chi connectivity index (χ1n) is 10.2. The second-order valence-electron chi connectivity index (χ2n) is 8.51. The highest BCUT2D eigenvalue weighted by molar-refractivity contribution is 6.31. The van der Waals surface area contributed by atoms with Crippen LogP contribution in [0.25, 0.3) is 0 Å². The molecule has 4 aliphatic rings. The van der Waals surface area contributed by atoms with Gasteiger partial charge in [-0.3, -0.25) is 4.79 Å².